The quantitative estimate of drug-likeness (QED) is 0.674. The Kier molecular flexibility index (Phi) is 5.99. The molecule has 1 aromatic heterocycles. The van der Waals surface area contributed by atoms with Crippen molar-refractivity contribution in [1.82, 2.24) is 5.32 Å². The lowest BCUT2D eigenvalue weighted by molar-refractivity contribution is -0.885. The molecule has 0 aliphatic heterocycles. The number of hydrogen-bond donors (Lipinski definition) is 2. The van der Waals surface area contributed by atoms with Gasteiger partial charge in [0, 0.05) is 10.4 Å². The van der Waals surface area contributed by atoms with E-state index >= 15 is 0 Å². The summed E-state index contributed by atoms with van der Waals surface area (Å²) in [7, 11) is 2.05. The third-order valence-electron chi connectivity index (χ3n) is 4.08. The second-order valence-electron chi connectivity index (χ2n) is 6.22. The van der Waals surface area contributed by atoms with Gasteiger partial charge in [0.25, 0.3) is 5.91 Å². The van der Waals surface area contributed by atoms with Gasteiger partial charge >= 0.3 is 0 Å². The lowest BCUT2D eigenvalue weighted by Gasteiger charge is -2.20. The molecule has 1 heterocycles. The van der Waals surface area contributed by atoms with E-state index in [4.69, 9.17) is 0 Å². The number of likely N-dealkylation sites (N-methyl/N-ethyl adjacent to an activating group) is 1. The van der Waals surface area contributed by atoms with Crippen molar-refractivity contribution >= 4 is 17.2 Å². The minimum atomic E-state index is -0.0850. The van der Waals surface area contributed by atoms with Crippen molar-refractivity contribution in [3.63, 3.8) is 0 Å². The predicted molar refractivity (Wildman–Crippen MR) is 103 cm³/mol. The van der Waals surface area contributed by atoms with Crippen molar-refractivity contribution in [3.8, 4) is 0 Å². The molecule has 0 aliphatic rings. The maximum atomic E-state index is 12.6. The largest absolute Gasteiger partial charge is 0.339 e. The van der Waals surface area contributed by atoms with E-state index in [2.05, 4.69) is 42.7 Å². The van der Waals surface area contributed by atoms with Crippen LogP contribution in [0.3, 0.4) is 0 Å². The van der Waals surface area contributed by atoms with Gasteiger partial charge in [0.05, 0.1) is 13.1 Å². The van der Waals surface area contributed by atoms with Crippen LogP contribution in [0.2, 0.25) is 0 Å². The first kappa shape index (κ1) is 17.4. The maximum absolute atomic E-state index is 12.6. The van der Waals surface area contributed by atoms with E-state index in [-0.39, 0.29) is 11.9 Å². The minimum absolute atomic E-state index is 0.0654. The fourth-order valence-corrected chi connectivity index (χ4v) is 3.72. The number of rotatable bonds is 7. The molecule has 2 atom stereocenters. The van der Waals surface area contributed by atoms with Crippen LogP contribution in [0.25, 0.3) is 0 Å². The van der Waals surface area contributed by atoms with E-state index in [1.165, 1.54) is 10.5 Å². The van der Waals surface area contributed by atoms with E-state index in [0.29, 0.717) is 6.54 Å². The van der Waals surface area contributed by atoms with Crippen LogP contribution in [-0.4, -0.2) is 19.5 Å². The summed E-state index contributed by atoms with van der Waals surface area (Å²) in [5.41, 5.74) is 2.35. The zero-order chi connectivity index (χ0) is 17.5. The van der Waals surface area contributed by atoms with Gasteiger partial charge in [-0.25, -0.2) is 0 Å². The molecule has 0 saturated heterocycles. The number of carbonyl (C=O) groups excluding carboxylic acids is 1. The highest BCUT2D eigenvalue weighted by Crippen LogP contribution is 2.25. The van der Waals surface area contributed by atoms with E-state index in [0.717, 1.165) is 17.0 Å². The summed E-state index contributed by atoms with van der Waals surface area (Å²) in [5, 5.41) is 5.25. The molecular formula is C21H23N2OS+. The molecule has 1 unspecified atom stereocenters. The van der Waals surface area contributed by atoms with Crippen LogP contribution < -0.4 is 10.2 Å². The zero-order valence-corrected chi connectivity index (χ0v) is 15.1. The summed E-state index contributed by atoms with van der Waals surface area (Å²) in [4.78, 5) is 14.9. The molecule has 2 N–H and O–H groups in total. The van der Waals surface area contributed by atoms with Crippen LogP contribution >= 0.6 is 11.3 Å². The SMILES string of the molecule is C[NH+](CC(=O)N[C@H](c1ccccc1)c1cccs1)Cc1ccccc1. The third kappa shape index (κ3) is 5.02. The maximum Gasteiger partial charge on any atom is 0.275 e. The number of nitrogens with one attached hydrogen (secondary N) is 2. The molecule has 0 fully saturated rings. The van der Waals surface area contributed by atoms with Gasteiger partial charge in [-0.05, 0) is 17.0 Å². The molecule has 3 aromatic rings. The van der Waals surface area contributed by atoms with Crippen molar-refractivity contribution in [2.75, 3.05) is 13.6 Å². The summed E-state index contributed by atoms with van der Waals surface area (Å²) in [6.45, 7) is 1.28. The van der Waals surface area contributed by atoms with Crippen molar-refractivity contribution in [3.05, 3.63) is 94.2 Å². The number of quaternary nitrogens is 1. The lowest BCUT2D eigenvalue weighted by Crippen LogP contribution is -3.08. The van der Waals surface area contributed by atoms with Gasteiger partial charge in [0.15, 0.2) is 6.54 Å². The predicted octanol–water partition coefficient (Wildman–Crippen LogP) is 2.67. The third-order valence-corrected chi connectivity index (χ3v) is 5.01. The Hall–Kier alpha value is -2.43. The molecule has 2 aromatic carbocycles. The Labute approximate surface area is 152 Å². The van der Waals surface area contributed by atoms with Gasteiger partial charge < -0.3 is 10.2 Å². The molecule has 1 amide bonds. The van der Waals surface area contributed by atoms with Gasteiger partial charge in [0.2, 0.25) is 0 Å². The molecule has 0 saturated carbocycles. The smallest absolute Gasteiger partial charge is 0.275 e. The van der Waals surface area contributed by atoms with Crippen molar-refractivity contribution in [2.24, 2.45) is 0 Å². The summed E-state index contributed by atoms with van der Waals surface area (Å²) < 4.78 is 0. The van der Waals surface area contributed by atoms with E-state index in [9.17, 15) is 4.79 Å². The van der Waals surface area contributed by atoms with Crippen molar-refractivity contribution < 1.29 is 9.69 Å². The average Bonchev–Trinajstić information content (AvgIpc) is 3.15. The highest BCUT2D eigenvalue weighted by atomic mass is 32.1. The molecule has 0 radical (unpaired) electrons. The number of amides is 1. The second-order valence-corrected chi connectivity index (χ2v) is 7.20. The Morgan fingerprint density at radius 3 is 2.32 bits per heavy atom. The standard InChI is InChI=1S/C21H22N2OS/c1-23(15-17-9-4-2-5-10-17)16-20(24)22-21(19-13-8-14-25-19)18-11-6-3-7-12-18/h2-14,21H,15-16H2,1H3,(H,22,24)/p+1/t21-/m1/s1. The van der Waals surface area contributed by atoms with Crippen LogP contribution in [0.15, 0.2) is 78.2 Å². The first-order valence-corrected chi connectivity index (χ1v) is 9.33. The van der Waals surface area contributed by atoms with Crippen LogP contribution in [0, 0.1) is 0 Å². The monoisotopic (exact) mass is 351 g/mol. The van der Waals surface area contributed by atoms with Crippen LogP contribution in [-0.2, 0) is 11.3 Å². The van der Waals surface area contributed by atoms with Crippen LogP contribution in [0.4, 0.5) is 0 Å². The number of benzene rings is 2. The molecule has 0 aliphatic carbocycles. The van der Waals surface area contributed by atoms with Gasteiger partial charge in [-0.1, -0.05) is 66.7 Å². The number of thiophene rings is 1. The summed E-state index contributed by atoms with van der Waals surface area (Å²) in [6.07, 6.45) is 0. The average molecular weight is 351 g/mol. The lowest BCUT2D eigenvalue weighted by atomic mass is 10.1. The summed E-state index contributed by atoms with van der Waals surface area (Å²) >= 11 is 1.67. The highest BCUT2D eigenvalue weighted by Gasteiger charge is 2.19. The first-order valence-electron chi connectivity index (χ1n) is 8.45. The Bertz CT molecular complexity index is 772. The number of hydrogen-bond acceptors (Lipinski definition) is 2. The Morgan fingerprint density at radius 1 is 1.00 bits per heavy atom. The van der Waals surface area contributed by atoms with Gasteiger partial charge in [-0.15, -0.1) is 11.3 Å². The molecule has 3 rings (SSSR count). The van der Waals surface area contributed by atoms with Crippen molar-refractivity contribution in [2.45, 2.75) is 12.6 Å². The summed E-state index contributed by atoms with van der Waals surface area (Å²) in [6, 6.07) is 24.4. The molecule has 4 heteroatoms. The first-order chi connectivity index (χ1) is 12.2. The van der Waals surface area contributed by atoms with E-state index in [1.54, 1.807) is 11.3 Å². The minimum Gasteiger partial charge on any atom is -0.339 e. The van der Waals surface area contributed by atoms with E-state index < -0.39 is 0 Å². The zero-order valence-electron chi connectivity index (χ0n) is 14.3. The molecule has 3 nitrogen and oxygen atoms in total. The Balaban J connectivity index is 1.64. The Morgan fingerprint density at radius 2 is 1.68 bits per heavy atom. The summed E-state index contributed by atoms with van der Waals surface area (Å²) in [5.74, 6) is 0.0654. The van der Waals surface area contributed by atoms with E-state index in [1.807, 2.05) is 47.8 Å². The highest BCUT2D eigenvalue weighted by molar-refractivity contribution is 7.10. The van der Waals surface area contributed by atoms with Gasteiger partial charge in [0.1, 0.15) is 6.54 Å². The van der Waals surface area contributed by atoms with Gasteiger partial charge in [-0.2, -0.15) is 0 Å². The topological polar surface area (TPSA) is 33.5 Å². The van der Waals surface area contributed by atoms with Gasteiger partial charge in [-0.3, -0.25) is 4.79 Å². The molecule has 128 valence electrons. The van der Waals surface area contributed by atoms with Crippen LogP contribution in [0.1, 0.15) is 22.0 Å². The van der Waals surface area contributed by atoms with Crippen LogP contribution in [0.5, 0.6) is 0 Å². The molecular weight excluding hydrogens is 328 g/mol. The molecule has 0 bridgehead atoms. The van der Waals surface area contributed by atoms with Crippen molar-refractivity contribution in [1.29, 1.82) is 0 Å². The second kappa shape index (κ2) is 8.60. The molecule has 0 spiro atoms. The normalized spacial score (nSPS) is 13.2. The fraction of sp³-hybridized carbons (Fsp3) is 0.190. The molecule has 25 heavy (non-hydrogen) atoms. The fourth-order valence-electron chi connectivity index (χ4n) is 2.91. The number of carbonyl (C=O) groups is 1.